The number of ketones is 2. The number of morpholine rings is 1. The van der Waals surface area contributed by atoms with E-state index in [-0.39, 0.29) is 23.8 Å². The quantitative estimate of drug-likeness (QED) is 0.391. The second-order valence-corrected chi connectivity index (χ2v) is 10.6. The second-order valence-electron chi connectivity index (χ2n) is 10.6. The number of Topliss-reactive ketones (excluding diaryl/α,β-unsaturated/α-hetero) is 2. The number of rotatable bonds is 6. The third-order valence-electron chi connectivity index (χ3n) is 6.83. The van der Waals surface area contributed by atoms with Gasteiger partial charge in [0.05, 0.1) is 19.1 Å². The number of carbonyl (C=O) groups excluding carboxylic acids is 4. The number of hydrogen-bond donors (Lipinski definition) is 1. The summed E-state index contributed by atoms with van der Waals surface area (Å²) < 4.78 is 72.3. The zero-order chi connectivity index (χ0) is 31.9. The van der Waals surface area contributed by atoms with Gasteiger partial charge in [-0.1, -0.05) is 38.1 Å². The van der Waals surface area contributed by atoms with Crippen LogP contribution in [-0.4, -0.2) is 102 Å². The zero-order valence-electron chi connectivity index (χ0n) is 23.5. The Labute approximate surface area is 243 Å². The summed E-state index contributed by atoms with van der Waals surface area (Å²) in [5, 5.41) is 5.43. The topological polar surface area (TPSA) is 109 Å². The molecule has 2 fully saturated rings. The van der Waals surface area contributed by atoms with E-state index in [2.05, 4.69) is 24.1 Å². The summed E-state index contributed by atoms with van der Waals surface area (Å²) in [6.07, 6.45) is -9.10. The number of pyridine rings is 1. The van der Waals surface area contributed by atoms with E-state index < -0.39 is 23.9 Å². The van der Waals surface area contributed by atoms with Gasteiger partial charge in [0.15, 0.2) is 0 Å². The lowest BCUT2D eigenvalue weighted by Gasteiger charge is -2.40. The number of amides is 2. The molecule has 2 amide bonds. The van der Waals surface area contributed by atoms with Gasteiger partial charge >= 0.3 is 23.9 Å². The Morgan fingerprint density at radius 3 is 2.12 bits per heavy atom. The second kappa shape index (κ2) is 14.3. The van der Waals surface area contributed by atoms with E-state index in [1.807, 2.05) is 40.1 Å². The summed E-state index contributed by atoms with van der Waals surface area (Å²) in [6.45, 7) is 8.70. The highest BCUT2D eigenvalue weighted by molar-refractivity contribution is 6.41. The fraction of sp³-hybridized carbons (Fsp3) is 0.536. The number of benzene rings is 1. The van der Waals surface area contributed by atoms with Crippen LogP contribution in [0.4, 0.5) is 26.3 Å². The lowest BCUT2D eigenvalue weighted by molar-refractivity contribution is -0.193. The minimum absolute atomic E-state index is 0.0353. The van der Waals surface area contributed by atoms with Crippen molar-refractivity contribution >= 4 is 34.2 Å². The van der Waals surface area contributed by atoms with Crippen LogP contribution in [0.1, 0.15) is 30.8 Å². The highest BCUT2D eigenvalue weighted by atomic mass is 19.4. The van der Waals surface area contributed by atoms with Crippen LogP contribution in [0.25, 0.3) is 10.8 Å². The first-order valence-corrected chi connectivity index (χ1v) is 13.5. The summed E-state index contributed by atoms with van der Waals surface area (Å²) in [7, 11) is 0. The summed E-state index contributed by atoms with van der Waals surface area (Å²) in [5.41, 5.74) is 0.459. The number of fused-ring (bicyclic) bond motifs is 1. The lowest BCUT2D eigenvalue weighted by Crippen LogP contribution is -2.56. The van der Waals surface area contributed by atoms with Gasteiger partial charge in [-0.25, -0.2) is 0 Å². The minimum atomic E-state index is -5.77. The highest BCUT2D eigenvalue weighted by Crippen LogP contribution is 2.25. The monoisotopic (exact) mass is 618 g/mol. The molecule has 43 heavy (non-hydrogen) atoms. The maximum absolute atomic E-state index is 13.5. The number of nitrogens with one attached hydrogen (secondary N) is 1. The minimum Gasteiger partial charge on any atom is -0.378 e. The summed E-state index contributed by atoms with van der Waals surface area (Å²) in [6, 6.07) is 9.77. The Hall–Kier alpha value is -3.59. The van der Waals surface area contributed by atoms with Gasteiger partial charge in [-0.15, -0.1) is 0 Å². The van der Waals surface area contributed by atoms with Crippen LogP contribution in [0, 0.1) is 11.8 Å². The molecule has 0 radical (unpaired) electrons. The van der Waals surface area contributed by atoms with Gasteiger partial charge < -0.3 is 19.9 Å². The van der Waals surface area contributed by atoms with Gasteiger partial charge in [0, 0.05) is 50.3 Å². The number of ether oxygens (including phenoxy) is 1. The molecule has 0 spiro atoms. The SMILES string of the molecule is CC(C)CN(C(=O)c1cc2ccccc2cn1)[C@@H]1CNC[C@H](C(=O)N2CCOCC2)C1.O=C(C(=O)C(F)(F)F)C(F)(F)F. The van der Waals surface area contributed by atoms with Crippen LogP contribution in [0.15, 0.2) is 36.5 Å². The van der Waals surface area contributed by atoms with Crippen LogP contribution >= 0.6 is 0 Å². The molecular formula is C28H32F6N4O5. The summed E-state index contributed by atoms with van der Waals surface area (Å²) in [5.74, 6) is -6.51. The number of aromatic nitrogens is 1. The smallest absolute Gasteiger partial charge is 0.378 e. The molecular weight excluding hydrogens is 586 g/mol. The Kier molecular flexibility index (Phi) is 11.2. The number of alkyl halides is 6. The predicted octanol–water partition coefficient (Wildman–Crippen LogP) is 3.42. The van der Waals surface area contributed by atoms with Gasteiger partial charge in [-0.05, 0) is 23.8 Å². The van der Waals surface area contributed by atoms with E-state index in [9.17, 15) is 45.5 Å². The number of hydrogen-bond acceptors (Lipinski definition) is 7. The Bertz CT molecular complexity index is 1290. The van der Waals surface area contributed by atoms with Crippen molar-refractivity contribution in [3.63, 3.8) is 0 Å². The largest absolute Gasteiger partial charge is 0.458 e. The van der Waals surface area contributed by atoms with Crippen molar-refractivity contribution in [1.82, 2.24) is 20.1 Å². The molecule has 0 bridgehead atoms. The molecule has 2 aliphatic heterocycles. The first-order valence-electron chi connectivity index (χ1n) is 13.5. The number of carbonyl (C=O) groups is 4. The Balaban J connectivity index is 0.000000359. The molecule has 1 N–H and O–H groups in total. The number of nitrogens with zero attached hydrogens (tertiary/aromatic N) is 3. The van der Waals surface area contributed by atoms with Crippen LogP contribution in [-0.2, 0) is 19.1 Å². The van der Waals surface area contributed by atoms with Crippen molar-refractivity contribution in [2.75, 3.05) is 45.9 Å². The summed E-state index contributed by atoms with van der Waals surface area (Å²) in [4.78, 5) is 54.1. The number of piperidine rings is 1. The van der Waals surface area contributed by atoms with E-state index in [4.69, 9.17) is 4.74 Å². The molecule has 2 atom stereocenters. The average molecular weight is 619 g/mol. The van der Waals surface area contributed by atoms with Gasteiger partial charge in [0.1, 0.15) is 5.69 Å². The molecule has 4 rings (SSSR count). The molecule has 3 heterocycles. The van der Waals surface area contributed by atoms with Gasteiger partial charge in [0.2, 0.25) is 5.91 Å². The highest BCUT2D eigenvalue weighted by Gasteiger charge is 2.54. The third kappa shape index (κ3) is 9.20. The van der Waals surface area contributed by atoms with E-state index in [1.165, 1.54) is 0 Å². The molecule has 9 nitrogen and oxygen atoms in total. The maximum atomic E-state index is 13.5. The van der Waals surface area contributed by atoms with Crippen LogP contribution in [0.2, 0.25) is 0 Å². The molecule has 2 saturated heterocycles. The van der Waals surface area contributed by atoms with Crippen molar-refractivity contribution in [2.24, 2.45) is 11.8 Å². The molecule has 15 heteroatoms. The van der Waals surface area contributed by atoms with E-state index in [1.54, 1.807) is 6.20 Å². The van der Waals surface area contributed by atoms with Gasteiger partial charge in [-0.2, -0.15) is 26.3 Å². The van der Waals surface area contributed by atoms with Crippen LogP contribution < -0.4 is 5.32 Å². The predicted molar refractivity (Wildman–Crippen MR) is 142 cm³/mol. The molecule has 1 aromatic heterocycles. The maximum Gasteiger partial charge on any atom is 0.458 e. The molecule has 1 aromatic carbocycles. The standard InChI is InChI=1S/C24H32N4O3.C4F6O2/c1-17(2)16-28(24(30)22-12-18-5-3-4-6-19(18)14-26-22)21-11-20(13-25-15-21)23(29)27-7-9-31-10-8-27;5-3(6,7)1(11)2(12)4(8,9)10/h3-6,12,14,17,20-21,25H,7-11,13,15-16H2,1-2H3;/t20-,21+;/m1./s1. The van der Waals surface area contributed by atoms with Gasteiger partial charge in [0.25, 0.3) is 5.91 Å². The van der Waals surface area contributed by atoms with E-state index >= 15 is 0 Å². The molecule has 236 valence electrons. The van der Waals surface area contributed by atoms with Crippen molar-refractivity contribution < 1.29 is 50.3 Å². The van der Waals surface area contributed by atoms with Crippen LogP contribution in [0.3, 0.4) is 0 Å². The van der Waals surface area contributed by atoms with Crippen molar-refractivity contribution in [2.45, 2.75) is 38.7 Å². The molecule has 0 saturated carbocycles. The van der Waals surface area contributed by atoms with E-state index in [0.29, 0.717) is 64.0 Å². The fourth-order valence-corrected chi connectivity index (χ4v) is 4.78. The Morgan fingerprint density at radius 1 is 0.977 bits per heavy atom. The number of halogens is 6. The lowest BCUT2D eigenvalue weighted by atomic mass is 9.92. The first-order chi connectivity index (χ1) is 20.1. The van der Waals surface area contributed by atoms with Crippen molar-refractivity contribution in [1.29, 1.82) is 0 Å². The third-order valence-corrected chi connectivity index (χ3v) is 6.83. The molecule has 0 unspecified atom stereocenters. The average Bonchev–Trinajstić information content (AvgIpc) is 2.98. The van der Waals surface area contributed by atoms with Crippen LogP contribution in [0.5, 0.6) is 0 Å². The fourth-order valence-electron chi connectivity index (χ4n) is 4.78. The van der Waals surface area contributed by atoms with Gasteiger partial charge in [-0.3, -0.25) is 24.2 Å². The Morgan fingerprint density at radius 2 is 1.56 bits per heavy atom. The van der Waals surface area contributed by atoms with Crippen molar-refractivity contribution in [3.05, 3.63) is 42.2 Å². The molecule has 0 aliphatic carbocycles. The normalized spacial score (nSPS) is 19.4. The molecule has 2 aliphatic rings. The molecule has 2 aromatic rings. The first kappa shape index (κ1) is 33.9. The zero-order valence-corrected chi connectivity index (χ0v) is 23.5. The van der Waals surface area contributed by atoms with Crippen molar-refractivity contribution in [3.8, 4) is 0 Å². The summed E-state index contributed by atoms with van der Waals surface area (Å²) >= 11 is 0. The van der Waals surface area contributed by atoms with E-state index in [0.717, 1.165) is 10.8 Å².